The average molecular weight is 405 g/mol. The predicted molar refractivity (Wildman–Crippen MR) is 111 cm³/mol. The quantitative estimate of drug-likeness (QED) is 0.269. The van der Waals surface area contributed by atoms with Crippen LogP contribution in [0.5, 0.6) is 0 Å². The molecule has 152 valence electrons. The molecule has 0 atom stereocenters. The summed E-state index contributed by atoms with van der Waals surface area (Å²) in [5.41, 5.74) is 7.07. The molecule has 0 aliphatic carbocycles. The predicted octanol–water partition coefficient (Wildman–Crippen LogP) is 3.24. The maximum atomic E-state index is 12.5. The van der Waals surface area contributed by atoms with Crippen molar-refractivity contribution >= 4 is 23.3 Å². The summed E-state index contributed by atoms with van der Waals surface area (Å²) in [6, 6.07) is 21.8. The number of carbonyl (C=O) groups is 2. The molecular formula is C22H19N3O5. The molecule has 8 heteroatoms. The number of non-ortho nitro benzene ring substituents is 1. The van der Waals surface area contributed by atoms with Gasteiger partial charge in [-0.25, -0.2) is 4.79 Å². The van der Waals surface area contributed by atoms with E-state index in [2.05, 4.69) is 5.32 Å². The van der Waals surface area contributed by atoms with Crippen LogP contribution in [0.2, 0.25) is 0 Å². The van der Waals surface area contributed by atoms with Crippen molar-refractivity contribution in [2.75, 3.05) is 12.3 Å². The molecule has 0 fully saturated rings. The first-order chi connectivity index (χ1) is 14.5. The second-order valence-electron chi connectivity index (χ2n) is 6.43. The number of nitrogen functional groups attached to an aromatic ring is 1. The molecule has 0 bridgehead atoms. The fourth-order valence-electron chi connectivity index (χ4n) is 2.91. The van der Waals surface area contributed by atoms with Crippen LogP contribution in [-0.2, 0) is 9.53 Å². The Bertz CT molecular complexity index is 1020. The van der Waals surface area contributed by atoms with Gasteiger partial charge in [-0.3, -0.25) is 14.9 Å². The third kappa shape index (κ3) is 4.99. The van der Waals surface area contributed by atoms with Crippen LogP contribution < -0.4 is 11.1 Å². The number of nitrogens with two attached hydrogens (primary N) is 1. The molecule has 3 aromatic carbocycles. The van der Waals surface area contributed by atoms with Gasteiger partial charge in [0.05, 0.1) is 22.2 Å². The smallest absolute Gasteiger partial charge is 0.340 e. The number of anilines is 1. The number of rotatable bonds is 7. The summed E-state index contributed by atoms with van der Waals surface area (Å²) in [6.45, 7) is -0.522. The Hall–Kier alpha value is -4.20. The number of hydrogen-bond acceptors (Lipinski definition) is 6. The summed E-state index contributed by atoms with van der Waals surface area (Å²) in [6.07, 6.45) is 0. The van der Waals surface area contributed by atoms with Crippen molar-refractivity contribution in [3.05, 3.63) is 106 Å². The molecule has 0 heterocycles. The van der Waals surface area contributed by atoms with Crippen molar-refractivity contribution in [3.63, 3.8) is 0 Å². The van der Waals surface area contributed by atoms with E-state index in [0.717, 1.165) is 23.3 Å². The van der Waals surface area contributed by atoms with Gasteiger partial charge in [0.2, 0.25) is 0 Å². The number of nitrogens with zero attached hydrogens (tertiary/aromatic N) is 1. The van der Waals surface area contributed by atoms with Crippen LogP contribution in [0.1, 0.15) is 27.5 Å². The molecule has 3 N–H and O–H groups in total. The number of ether oxygens (including phenoxy) is 1. The molecule has 0 spiro atoms. The summed E-state index contributed by atoms with van der Waals surface area (Å²) >= 11 is 0. The maximum Gasteiger partial charge on any atom is 0.340 e. The molecule has 0 radical (unpaired) electrons. The Balaban J connectivity index is 1.68. The van der Waals surface area contributed by atoms with E-state index in [-0.39, 0.29) is 16.9 Å². The molecule has 0 aliphatic heterocycles. The van der Waals surface area contributed by atoms with Gasteiger partial charge in [0.15, 0.2) is 6.61 Å². The van der Waals surface area contributed by atoms with Crippen molar-refractivity contribution in [2.24, 2.45) is 0 Å². The van der Waals surface area contributed by atoms with Gasteiger partial charge in [0.25, 0.3) is 11.6 Å². The lowest BCUT2D eigenvalue weighted by Crippen LogP contribution is -2.33. The van der Waals surface area contributed by atoms with Crippen LogP contribution in [0.25, 0.3) is 0 Å². The summed E-state index contributed by atoms with van der Waals surface area (Å²) in [4.78, 5) is 34.8. The number of amides is 1. The number of esters is 1. The Kier molecular flexibility index (Phi) is 6.39. The topological polar surface area (TPSA) is 125 Å². The number of nitro benzene ring substituents is 1. The average Bonchev–Trinajstić information content (AvgIpc) is 2.77. The third-order valence-corrected chi connectivity index (χ3v) is 4.37. The zero-order valence-electron chi connectivity index (χ0n) is 15.9. The molecule has 0 aliphatic rings. The molecule has 1 amide bonds. The lowest BCUT2D eigenvalue weighted by Gasteiger charge is -2.20. The van der Waals surface area contributed by atoms with Gasteiger partial charge in [-0.15, -0.1) is 0 Å². The van der Waals surface area contributed by atoms with Crippen LogP contribution >= 0.6 is 0 Å². The number of carbonyl (C=O) groups excluding carboxylic acids is 2. The summed E-state index contributed by atoms with van der Waals surface area (Å²) in [5, 5.41) is 13.6. The van der Waals surface area contributed by atoms with E-state index in [1.807, 2.05) is 60.7 Å². The summed E-state index contributed by atoms with van der Waals surface area (Å²) < 4.78 is 5.04. The molecule has 0 unspecified atom stereocenters. The molecule has 3 rings (SSSR count). The van der Waals surface area contributed by atoms with Gasteiger partial charge in [0, 0.05) is 12.1 Å². The first-order valence-electron chi connectivity index (χ1n) is 9.06. The van der Waals surface area contributed by atoms with Crippen molar-refractivity contribution in [2.45, 2.75) is 6.04 Å². The summed E-state index contributed by atoms with van der Waals surface area (Å²) in [5.74, 6) is -1.34. The van der Waals surface area contributed by atoms with Gasteiger partial charge < -0.3 is 15.8 Å². The zero-order chi connectivity index (χ0) is 21.5. The highest BCUT2D eigenvalue weighted by molar-refractivity contribution is 5.96. The standard InChI is InChI=1S/C22H19N3O5/c23-19-13-17(25(28)29)11-12-18(19)22(27)30-14-20(26)24-21(15-7-3-1-4-8-15)16-9-5-2-6-10-16/h1-13,21H,14,23H2,(H,24,26). The van der Waals surface area contributed by atoms with Crippen LogP contribution in [0.3, 0.4) is 0 Å². The van der Waals surface area contributed by atoms with Gasteiger partial charge in [0.1, 0.15) is 0 Å². The number of nitro groups is 1. The molecule has 0 saturated carbocycles. The van der Waals surface area contributed by atoms with E-state index in [0.29, 0.717) is 0 Å². The minimum absolute atomic E-state index is 0.0453. The molecule has 8 nitrogen and oxygen atoms in total. The molecule has 30 heavy (non-hydrogen) atoms. The van der Waals surface area contributed by atoms with Gasteiger partial charge >= 0.3 is 5.97 Å². The fourth-order valence-corrected chi connectivity index (χ4v) is 2.91. The van der Waals surface area contributed by atoms with Crippen LogP contribution in [0.4, 0.5) is 11.4 Å². The van der Waals surface area contributed by atoms with Gasteiger partial charge in [-0.05, 0) is 17.2 Å². The fraction of sp³-hybridized carbons (Fsp3) is 0.0909. The SMILES string of the molecule is Nc1cc([N+](=O)[O-])ccc1C(=O)OCC(=O)NC(c1ccccc1)c1ccccc1. The number of benzene rings is 3. The maximum absolute atomic E-state index is 12.5. The number of nitrogens with one attached hydrogen (secondary N) is 1. The van der Waals surface area contributed by atoms with Gasteiger partial charge in [-0.2, -0.15) is 0 Å². The van der Waals surface area contributed by atoms with Crippen molar-refractivity contribution in [1.82, 2.24) is 5.32 Å². The highest BCUT2D eigenvalue weighted by atomic mass is 16.6. The van der Waals surface area contributed by atoms with E-state index in [9.17, 15) is 19.7 Å². The minimum Gasteiger partial charge on any atom is -0.452 e. The normalized spacial score (nSPS) is 10.4. The third-order valence-electron chi connectivity index (χ3n) is 4.37. The van der Waals surface area contributed by atoms with E-state index in [4.69, 9.17) is 10.5 Å². The largest absolute Gasteiger partial charge is 0.452 e. The lowest BCUT2D eigenvalue weighted by molar-refractivity contribution is -0.384. The van der Waals surface area contributed by atoms with Crippen LogP contribution in [0.15, 0.2) is 78.9 Å². The van der Waals surface area contributed by atoms with E-state index in [1.54, 1.807) is 0 Å². The Morgan fingerprint density at radius 1 is 0.967 bits per heavy atom. The van der Waals surface area contributed by atoms with E-state index < -0.39 is 29.4 Å². The molecule has 3 aromatic rings. The molecule has 0 aromatic heterocycles. The minimum atomic E-state index is -0.839. The highest BCUT2D eigenvalue weighted by Gasteiger charge is 2.19. The second-order valence-corrected chi connectivity index (χ2v) is 6.43. The second kappa shape index (κ2) is 9.33. The summed E-state index contributed by atoms with van der Waals surface area (Å²) in [7, 11) is 0. The Labute approximate surface area is 172 Å². The van der Waals surface area contributed by atoms with Crippen LogP contribution in [0, 0.1) is 10.1 Å². The van der Waals surface area contributed by atoms with Crippen LogP contribution in [-0.4, -0.2) is 23.4 Å². The molecular weight excluding hydrogens is 386 g/mol. The highest BCUT2D eigenvalue weighted by Crippen LogP contribution is 2.22. The Morgan fingerprint density at radius 3 is 2.03 bits per heavy atom. The lowest BCUT2D eigenvalue weighted by atomic mass is 9.99. The first kappa shape index (κ1) is 20.5. The van der Waals surface area contributed by atoms with E-state index >= 15 is 0 Å². The molecule has 0 saturated heterocycles. The van der Waals surface area contributed by atoms with Gasteiger partial charge in [-0.1, -0.05) is 60.7 Å². The monoisotopic (exact) mass is 405 g/mol. The zero-order valence-corrected chi connectivity index (χ0v) is 15.9. The first-order valence-corrected chi connectivity index (χ1v) is 9.06. The Morgan fingerprint density at radius 2 is 1.53 bits per heavy atom. The van der Waals surface area contributed by atoms with Crippen molar-refractivity contribution in [1.29, 1.82) is 0 Å². The van der Waals surface area contributed by atoms with Crippen molar-refractivity contribution in [3.8, 4) is 0 Å². The van der Waals surface area contributed by atoms with E-state index in [1.165, 1.54) is 6.07 Å². The van der Waals surface area contributed by atoms with Crippen molar-refractivity contribution < 1.29 is 19.2 Å². The number of hydrogen-bond donors (Lipinski definition) is 2.